The van der Waals surface area contributed by atoms with Crippen molar-refractivity contribution >= 4 is 34.9 Å². The zero-order valence-electron chi connectivity index (χ0n) is 33.6. The van der Waals surface area contributed by atoms with Gasteiger partial charge < -0.3 is 29.6 Å². The van der Waals surface area contributed by atoms with Gasteiger partial charge in [-0.15, -0.1) is 0 Å². The lowest BCUT2D eigenvalue weighted by Crippen LogP contribution is -2.81. The number of esters is 2. The summed E-state index contributed by atoms with van der Waals surface area (Å²) < 4.78 is 11.5. The Morgan fingerprint density at radius 3 is 2.55 bits per heavy atom. The molecular weight excluding hydrogens is 709 g/mol. The van der Waals surface area contributed by atoms with Gasteiger partial charge in [0, 0.05) is 77.7 Å². The Hall–Kier alpha value is -4.03. The van der Waals surface area contributed by atoms with Crippen LogP contribution in [0.15, 0.2) is 48.6 Å². The largest absolute Gasteiger partial charge is 0.467 e. The molecule has 9 rings (SSSR count). The first-order valence-electron chi connectivity index (χ1n) is 20.6. The standard InChI is InChI=1S/C45H56N4O7/c1-7-42(53)23-29-22-41(5,36-31(14-18-47(24-29)25-42)30-12-9-10-13-34(30)46-36)32-21-33-35(20-27(32)3)49(26-50)38-44(33)16-19-48-17-11-15-43(8-2,37(44)48)39(56-28(4)51)45(38,54)40(52)55-6/h9-13,15,20-21,26,29,37-39,46,53-54H,7-8,14,16-19,22-25H2,1-6H3/t29-,37-,38+,39+,41+,42?,43+,44+,45?/m0/s1. The number of aromatic nitrogens is 1. The van der Waals surface area contributed by atoms with Gasteiger partial charge >= 0.3 is 11.9 Å². The first-order valence-corrected chi connectivity index (χ1v) is 20.6. The molecule has 2 aromatic carbocycles. The van der Waals surface area contributed by atoms with Gasteiger partial charge in [0.25, 0.3) is 0 Å². The summed E-state index contributed by atoms with van der Waals surface area (Å²) in [5.74, 6) is -1.33. The van der Waals surface area contributed by atoms with E-state index in [-0.39, 0.29) is 12.0 Å². The maximum atomic E-state index is 14.3. The van der Waals surface area contributed by atoms with Crippen LogP contribution in [0.4, 0.5) is 5.69 Å². The molecule has 3 aromatic rings. The molecule has 6 heterocycles. The number of hydrogen-bond acceptors (Lipinski definition) is 9. The predicted molar refractivity (Wildman–Crippen MR) is 212 cm³/mol. The maximum absolute atomic E-state index is 14.3. The van der Waals surface area contributed by atoms with E-state index in [1.165, 1.54) is 30.7 Å². The highest BCUT2D eigenvalue weighted by Crippen LogP contribution is 2.68. The quantitative estimate of drug-likeness (QED) is 0.186. The van der Waals surface area contributed by atoms with E-state index in [1.807, 2.05) is 6.92 Å². The number of nitrogens with zero attached hydrogens (tertiary/aromatic N) is 3. The minimum atomic E-state index is -2.39. The molecule has 3 fully saturated rings. The fourth-order valence-corrected chi connectivity index (χ4v) is 13.4. The molecule has 0 radical (unpaired) electrons. The SMILES string of the molecule is CCC1(O)C[C@H]2CN(CCc3c([nH]c4ccccc34)[C@@](C)(c3cc4c(cc3C)N(C=O)[C@H]3C(O)(C(=O)OC)[C@H](OC(C)=O)[C@]5(CC)C=CCN6CC[C@]43[C@@H]65)C2)C1. The molecule has 3 N–H and O–H groups in total. The predicted octanol–water partition coefficient (Wildman–Crippen LogP) is 4.66. The molecule has 1 saturated carbocycles. The number of fused-ring (bicyclic) bond motifs is 6. The van der Waals surface area contributed by atoms with Crippen LogP contribution in [0, 0.1) is 18.3 Å². The number of para-hydroxylation sites is 1. The molecule has 1 spiro atoms. The number of hydrogen-bond donors (Lipinski definition) is 3. The number of anilines is 1. The molecule has 3 unspecified atom stereocenters. The van der Waals surface area contributed by atoms with Gasteiger partial charge in [-0.05, 0) is 99.2 Å². The van der Waals surface area contributed by atoms with E-state index >= 15 is 0 Å². The van der Waals surface area contributed by atoms with Gasteiger partial charge in [0.1, 0.15) is 0 Å². The van der Waals surface area contributed by atoms with E-state index in [0.717, 1.165) is 54.5 Å². The number of aliphatic hydroxyl groups is 2. The molecule has 11 heteroatoms. The highest BCUT2D eigenvalue weighted by atomic mass is 16.6. The third kappa shape index (κ3) is 4.80. The zero-order chi connectivity index (χ0) is 39.6. The molecule has 11 nitrogen and oxygen atoms in total. The molecule has 6 aliphatic rings. The van der Waals surface area contributed by atoms with Crippen molar-refractivity contribution in [3.8, 4) is 0 Å². The molecule has 2 bridgehead atoms. The molecule has 1 aromatic heterocycles. The van der Waals surface area contributed by atoms with Gasteiger partial charge in [0.05, 0.1) is 18.8 Å². The van der Waals surface area contributed by atoms with Gasteiger partial charge in [-0.3, -0.25) is 19.4 Å². The number of rotatable bonds is 6. The normalized spacial score (nSPS) is 38.4. The van der Waals surface area contributed by atoms with Gasteiger partial charge in [-0.25, -0.2) is 4.79 Å². The second-order valence-corrected chi connectivity index (χ2v) is 18.2. The van der Waals surface area contributed by atoms with Crippen molar-refractivity contribution in [2.24, 2.45) is 11.3 Å². The third-order valence-electron chi connectivity index (χ3n) is 15.4. The number of aromatic amines is 1. The second-order valence-electron chi connectivity index (χ2n) is 18.2. The highest BCUT2D eigenvalue weighted by molar-refractivity contribution is 5.93. The average Bonchev–Trinajstić information content (AvgIpc) is 3.85. The Morgan fingerprint density at radius 1 is 1.05 bits per heavy atom. The van der Waals surface area contributed by atoms with Gasteiger partial charge in [-0.1, -0.05) is 50.3 Å². The number of piperidine rings is 1. The molecule has 2 saturated heterocycles. The average molecular weight is 765 g/mol. The molecule has 56 heavy (non-hydrogen) atoms. The Labute approximate surface area is 329 Å². The van der Waals surface area contributed by atoms with Crippen LogP contribution in [0.25, 0.3) is 10.9 Å². The Morgan fingerprint density at radius 2 is 1.84 bits per heavy atom. The topological polar surface area (TPSA) is 136 Å². The lowest BCUT2D eigenvalue weighted by atomic mass is 9.47. The van der Waals surface area contributed by atoms with Crippen molar-refractivity contribution in [2.75, 3.05) is 44.7 Å². The van der Waals surface area contributed by atoms with Gasteiger partial charge in [0.2, 0.25) is 12.0 Å². The Balaban J connectivity index is 1.32. The van der Waals surface area contributed by atoms with Crippen LogP contribution < -0.4 is 4.90 Å². The summed E-state index contributed by atoms with van der Waals surface area (Å²) in [6.45, 7) is 13.6. The minimum absolute atomic E-state index is 0.211. The van der Waals surface area contributed by atoms with Crippen molar-refractivity contribution in [3.63, 3.8) is 0 Å². The number of aryl methyl sites for hydroxylation is 1. The van der Waals surface area contributed by atoms with Crippen LogP contribution in [0.2, 0.25) is 0 Å². The monoisotopic (exact) mass is 764 g/mol. The van der Waals surface area contributed by atoms with Crippen LogP contribution in [0.3, 0.4) is 0 Å². The van der Waals surface area contributed by atoms with E-state index in [2.05, 4.69) is 84.1 Å². The number of benzene rings is 2. The third-order valence-corrected chi connectivity index (χ3v) is 15.4. The first-order chi connectivity index (χ1) is 26.7. The summed E-state index contributed by atoms with van der Waals surface area (Å²) >= 11 is 0. The molecule has 5 aliphatic heterocycles. The molecule has 298 valence electrons. The Bertz CT molecular complexity index is 2170. The number of ether oxygens (including phenoxy) is 2. The molecule has 1 aliphatic carbocycles. The number of amides is 1. The summed E-state index contributed by atoms with van der Waals surface area (Å²) in [7, 11) is 1.23. The number of methoxy groups -OCH3 is 1. The fraction of sp³-hybridized carbons (Fsp3) is 0.578. The second kappa shape index (κ2) is 12.7. The number of carbonyl (C=O) groups excluding carboxylic acids is 3. The number of carbonyl (C=O) groups is 3. The first kappa shape index (κ1) is 37.5. The fourth-order valence-electron chi connectivity index (χ4n) is 13.4. The lowest BCUT2D eigenvalue weighted by molar-refractivity contribution is -0.228. The van der Waals surface area contributed by atoms with E-state index in [9.17, 15) is 24.6 Å². The van der Waals surface area contributed by atoms with Crippen LogP contribution in [0.5, 0.6) is 0 Å². The summed E-state index contributed by atoms with van der Waals surface area (Å²) in [5.41, 5.74) is 1.69. The van der Waals surface area contributed by atoms with E-state index in [0.29, 0.717) is 51.0 Å². The zero-order valence-corrected chi connectivity index (χ0v) is 33.6. The van der Waals surface area contributed by atoms with Crippen molar-refractivity contribution < 1.29 is 34.1 Å². The van der Waals surface area contributed by atoms with E-state index < -0.39 is 51.5 Å². The van der Waals surface area contributed by atoms with Crippen molar-refractivity contribution in [2.45, 2.75) is 113 Å². The van der Waals surface area contributed by atoms with Crippen LogP contribution in [-0.2, 0) is 41.1 Å². The molecular formula is C45H56N4O7. The van der Waals surface area contributed by atoms with Crippen molar-refractivity contribution in [1.29, 1.82) is 0 Å². The highest BCUT2D eigenvalue weighted by Gasteiger charge is 2.80. The van der Waals surface area contributed by atoms with Gasteiger partial charge in [0.15, 0.2) is 6.10 Å². The minimum Gasteiger partial charge on any atom is -0.467 e. The smallest absolute Gasteiger partial charge is 0.344 e. The van der Waals surface area contributed by atoms with Crippen LogP contribution >= 0.6 is 0 Å². The van der Waals surface area contributed by atoms with E-state index in [1.54, 1.807) is 4.90 Å². The maximum Gasteiger partial charge on any atom is 0.344 e. The lowest BCUT2D eigenvalue weighted by Gasteiger charge is -2.63. The van der Waals surface area contributed by atoms with E-state index in [4.69, 9.17) is 9.47 Å². The van der Waals surface area contributed by atoms with Crippen LogP contribution in [-0.4, -0.2) is 113 Å². The summed E-state index contributed by atoms with van der Waals surface area (Å²) in [5, 5.41) is 26.3. The van der Waals surface area contributed by atoms with Crippen molar-refractivity contribution in [3.05, 3.63) is 76.5 Å². The number of H-pyrrole nitrogens is 1. The molecule has 10 atom stereocenters. The number of nitrogens with one attached hydrogen (secondary N) is 1. The van der Waals surface area contributed by atoms with Gasteiger partial charge in [-0.2, -0.15) is 0 Å². The summed E-state index contributed by atoms with van der Waals surface area (Å²) in [6, 6.07) is 11.5. The summed E-state index contributed by atoms with van der Waals surface area (Å²) in [4.78, 5) is 51.1. The van der Waals surface area contributed by atoms with Crippen molar-refractivity contribution in [1.82, 2.24) is 14.8 Å². The molecule has 1 amide bonds. The van der Waals surface area contributed by atoms with Crippen LogP contribution in [0.1, 0.15) is 87.7 Å². The Kier molecular flexibility index (Phi) is 8.54. The summed E-state index contributed by atoms with van der Waals surface area (Å²) in [6.07, 6.45) is 7.61.